The van der Waals surface area contributed by atoms with Crippen molar-refractivity contribution in [1.82, 2.24) is 5.32 Å². The maximum atomic E-state index is 11.7. The average molecular weight is 260 g/mol. The molecular weight excluding hydrogens is 236 g/mol. The summed E-state index contributed by atoms with van der Waals surface area (Å²) in [6.45, 7) is 7.28. The van der Waals surface area contributed by atoms with Crippen molar-refractivity contribution in [1.29, 1.82) is 0 Å². The van der Waals surface area contributed by atoms with Gasteiger partial charge in [-0.2, -0.15) is 0 Å². The van der Waals surface area contributed by atoms with E-state index in [1.165, 1.54) is 18.5 Å². The van der Waals surface area contributed by atoms with Crippen LogP contribution in [0.5, 0.6) is 0 Å². The minimum absolute atomic E-state index is 0.114. The fourth-order valence-electron chi connectivity index (χ4n) is 2.37. The summed E-state index contributed by atoms with van der Waals surface area (Å²) < 4.78 is 0. The van der Waals surface area contributed by atoms with Gasteiger partial charge < -0.3 is 10.2 Å². The molecule has 0 atom stereocenters. The molecule has 3 nitrogen and oxygen atoms in total. The number of carbonyl (C=O) groups excluding carboxylic acids is 1. The minimum atomic E-state index is 0.114. The van der Waals surface area contributed by atoms with Crippen molar-refractivity contribution in [2.24, 2.45) is 5.92 Å². The molecule has 1 aromatic carbocycles. The Labute approximate surface area is 116 Å². The third kappa shape index (κ3) is 4.27. The lowest BCUT2D eigenvalue weighted by Crippen LogP contribution is -2.28. The van der Waals surface area contributed by atoms with Crippen LogP contribution in [0.3, 0.4) is 0 Å². The molecule has 19 heavy (non-hydrogen) atoms. The summed E-state index contributed by atoms with van der Waals surface area (Å²) in [6, 6.07) is 8.41. The summed E-state index contributed by atoms with van der Waals surface area (Å²) in [5, 5.41) is 2.95. The summed E-state index contributed by atoms with van der Waals surface area (Å²) >= 11 is 0. The van der Waals surface area contributed by atoms with Gasteiger partial charge in [0.15, 0.2) is 0 Å². The first-order chi connectivity index (χ1) is 9.15. The monoisotopic (exact) mass is 260 g/mol. The Balaban J connectivity index is 1.86. The highest BCUT2D eigenvalue weighted by atomic mass is 16.1. The Kier molecular flexibility index (Phi) is 4.83. The number of nitrogens with zero attached hydrogens (tertiary/aromatic N) is 1. The van der Waals surface area contributed by atoms with Crippen molar-refractivity contribution in [2.45, 2.75) is 33.1 Å². The van der Waals surface area contributed by atoms with E-state index in [0.29, 0.717) is 12.3 Å². The lowest BCUT2D eigenvalue weighted by Gasteiger charge is -2.17. The van der Waals surface area contributed by atoms with E-state index < -0.39 is 0 Å². The molecule has 2 rings (SSSR count). The summed E-state index contributed by atoms with van der Waals surface area (Å²) in [5.74, 6) is 0.615. The average Bonchev–Trinajstić information content (AvgIpc) is 2.91. The van der Waals surface area contributed by atoms with Gasteiger partial charge in [0.2, 0.25) is 5.91 Å². The lowest BCUT2D eigenvalue weighted by molar-refractivity contribution is -0.120. The molecule has 0 saturated carbocycles. The summed E-state index contributed by atoms with van der Waals surface area (Å²) in [7, 11) is 0. The van der Waals surface area contributed by atoms with E-state index in [4.69, 9.17) is 0 Å². The minimum Gasteiger partial charge on any atom is -0.372 e. The molecule has 1 amide bonds. The quantitative estimate of drug-likeness (QED) is 0.882. The van der Waals surface area contributed by atoms with Crippen LogP contribution < -0.4 is 10.2 Å². The fourth-order valence-corrected chi connectivity index (χ4v) is 2.37. The highest BCUT2D eigenvalue weighted by Gasteiger charge is 2.12. The summed E-state index contributed by atoms with van der Waals surface area (Å²) in [5.41, 5.74) is 2.37. The summed E-state index contributed by atoms with van der Waals surface area (Å²) in [6.07, 6.45) is 3.06. The van der Waals surface area contributed by atoms with Crippen molar-refractivity contribution in [2.75, 3.05) is 24.5 Å². The zero-order valence-corrected chi connectivity index (χ0v) is 12.0. The van der Waals surface area contributed by atoms with Crippen molar-refractivity contribution in [3.05, 3.63) is 29.8 Å². The highest BCUT2D eigenvalue weighted by Crippen LogP contribution is 2.20. The molecule has 1 aliphatic heterocycles. The molecule has 0 unspecified atom stereocenters. The van der Waals surface area contributed by atoms with Gasteiger partial charge in [0.1, 0.15) is 0 Å². The van der Waals surface area contributed by atoms with E-state index >= 15 is 0 Å². The molecule has 1 heterocycles. The molecule has 0 aromatic heterocycles. The number of hydrogen-bond acceptors (Lipinski definition) is 2. The van der Waals surface area contributed by atoms with E-state index in [0.717, 1.165) is 25.2 Å². The normalized spacial score (nSPS) is 15.0. The second-order valence-electron chi connectivity index (χ2n) is 5.74. The molecule has 0 radical (unpaired) electrons. The fraction of sp³-hybridized carbons (Fsp3) is 0.562. The van der Waals surface area contributed by atoms with E-state index in [2.05, 4.69) is 48.3 Å². The topological polar surface area (TPSA) is 32.3 Å². The van der Waals surface area contributed by atoms with Gasteiger partial charge in [-0.25, -0.2) is 0 Å². The molecule has 0 spiro atoms. The highest BCUT2D eigenvalue weighted by molar-refractivity contribution is 5.78. The number of benzene rings is 1. The van der Waals surface area contributed by atoms with Gasteiger partial charge in [-0.1, -0.05) is 26.0 Å². The van der Waals surface area contributed by atoms with E-state index in [1.54, 1.807) is 0 Å². The Morgan fingerprint density at radius 3 is 2.42 bits per heavy atom. The van der Waals surface area contributed by atoms with E-state index in [-0.39, 0.29) is 5.91 Å². The lowest BCUT2D eigenvalue weighted by atomic mass is 10.1. The third-order valence-electron chi connectivity index (χ3n) is 3.48. The Morgan fingerprint density at radius 1 is 1.21 bits per heavy atom. The van der Waals surface area contributed by atoms with Gasteiger partial charge in [0, 0.05) is 25.3 Å². The van der Waals surface area contributed by atoms with Gasteiger partial charge in [0.25, 0.3) is 0 Å². The predicted octanol–water partition coefficient (Wildman–Crippen LogP) is 2.60. The van der Waals surface area contributed by atoms with Crippen molar-refractivity contribution in [3.63, 3.8) is 0 Å². The van der Waals surface area contributed by atoms with Crippen LogP contribution in [0.25, 0.3) is 0 Å². The van der Waals surface area contributed by atoms with Crippen LogP contribution in [0.2, 0.25) is 0 Å². The molecule has 104 valence electrons. The number of amides is 1. The molecule has 1 saturated heterocycles. The van der Waals surface area contributed by atoms with Gasteiger partial charge in [-0.05, 0) is 36.5 Å². The Hall–Kier alpha value is -1.51. The standard InChI is InChI=1S/C16H24N2O/c1-13(2)12-17-16(19)11-14-5-7-15(8-6-14)18-9-3-4-10-18/h5-8,13H,3-4,9-12H2,1-2H3,(H,17,19). The number of nitrogens with one attached hydrogen (secondary N) is 1. The van der Waals surface area contributed by atoms with Gasteiger partial charge in [-0.3, -0.25) is 4.79 Å². The van der Waals surface area contributed by atoms with Crippen LogP contribution in [0.15, 0.2) is 24.3 Å². The first kappa shape index (κ1) is 13.9. The molecule has 0 bridgehead atoms. The van der Waals surface area contributed by atoms with Gasteiger partial charge >= 0.3 is 0 Å². The van der Waals surface area contributed by atoms with Crippen LogP contribution in [0.1, 0.15) is 32.3 Å². The van der Waals surface area contributed by atoms with Gasteiger partial charge in [-0.15, -0.1) is 0 Å². The van der Waals surface area contributed by atoms with E-state index in [9.17, 15) is 4.79 Å². The first-order valence-corrected chi connectivity index (χ1v) is 7.26. The van der Waals surface area contributed by atoms with Crippen LogP contribution in [0.4, 0.5) is 5.69 Å². The third-order valence-corrected chi connectivity index (χ3v) is 3.48. The number of hydrogen-bond donors (Lipinski definition) is 1. The largest absolute Gasteiger partial charge is 0.372 e. The van der Waals surface area contributed by atoms with Crippen LogP contribution >= 0.6 is 0 Å². The zero-order chi connectivity index (χ0) is 13.7. The van der Waals surface area contributed by atoms with Crippen LogP contribution in [-0.2, 0) is 11.2 Å². The van der Waals surface area contributed by atoms with Crippen LogP contribution in [-0.4, -0.2) is 25.5 Å². The zero-order valence-electron chi connectivity index (χ0n) is 12.0. The van der Waals surface area contributed by atoms with Gasteiger partial charge in [0.05, 0.1) is 6.42 Å². The van der Waals surface area contributed by atoms with Crippen molar-refractivity contribution < 1.29 is 4.79 Å². The predicted molar refractivity (Wildman–Crippen MR) is 79.4 cm³/mol. The first-order valence-electron chi connectivity index (χ1n) is 7.26. The van der Waals surface area contributed by atoms with E-state index in [1.807, 2.05) is 0 Å². The maximum Gasteiger partial charge on any atom is 0.224 e. The summed E-state index contributed by atoms with van der Waals surface area (Å²) in [4.78, 5) is 14.1. The molecule has 1 aromatic rings. The number of carbonyl (C=O) groups is 1. The molecule has 3 heteroatoms. The molecule has 0 aliphatic carbocycles. The second kappa shape index (κ2) is 6.60. The molecular formula is C16H24N2O. The maximum absolute atomic E-state index is 11.7. The van der Waals surface area contributed by atoms with Crippen molar-refractivity contribution >= 4 is 11.6 Å². The SMILES string of the molecule is CC(C)CNC(=O)Cc1ccc(N2CCCC2)cc1. The molecule has 1 aliphatic rings. The second-order valence-corrected chi connectivity index (χ2v) is 5.74. The van der Waals surface area contributed by atoms with Crippen molar-refractivity contribution in [3.8, 4) is 0 Å². The number of rotatable bonds is 5. The van der Waals surface area contributed by atoms with Crippen LogP contribution in [0, 0.1) is 5.92 Å². The Morgan fingerprint density at radius 2 is 1.84 bits per heavy atom. The smallest absolute Gasteiger partial charge is 0.224 e. The number of anilines is 1. The molecule has 1 N–H and O–H groups in total. The Bertz CT molecular complexity index is 405. The molecule has 1 fully saturated rings.